The second-order valence-electron chi connectivity index (χ2n) is 3.95. The van der Waals surface area contributed by atoms with E-state index in [-0.39, 0.29) is 0 Å². The molecule has 0 radical (unpaired) electrons. The monoisotopic (exact) mass is 191 g/mol. The van der Waals surface area contributed by atoms with Crippen molar-refractivity contribution < 1.29 is 4.48 Å². The highest BCUT2D eigenvalue weighted by atomic mass is 19.2. The van der Waals surface area contributed by atoms with Crippen LogP contribution >= 0.6 is 0 Å². The lowest BCUT2D eigenvalue weighted by atomic mass is 10.00. The molecular formula is C12H14FN. The summed E-state index contributed by atoms with van der Waals surface area (Å²) in [6, 6.07) is 7.61. The predicted octanol–water partition coefficient (Wildman–Crippen LogP) is 3.81. The highest BCUT2D eigenvalue weighted by Gasteiger charge is 2.15. The lowest BCUT2D eigenvalue weighted by Gasteiger charge is -2.04. The van der Waals surface area contributed by atoms with E-state index in [2.05, 4.69) is 13.8 Å². The van der Waals surface area contributed by atoms with Crippen molar-refractivity contribution in [3.05, 3.63) is 35.5 Å². The maximum absolute atomic E-state index is 13.7. The van der Waals surface area contributed by atoms with Crippen molar-refractivity contribution in [3.8, 4) is 0 Å². The van der Waals surface area contributed by atoms with Crippen LogP contribution in [0, 0.1) is 6.92 Å². The number of fused-ring (bicyclic) bond motifs is 1. The molecule has 1 aromatic carbocycles. The van der Waals surface area contributed by atoms with Crippen LogP contribution in [0.2, 0.25) is 0 Å². The number of para-hydroxylation sites is 1. The molecule has 1 nitrogen and oxygen atoms in total. The Morgan fingerprint density at radius 2 is 1.86 bits per heavy atom. The lowest BCUT2D eigenvalue weighted by molar-refractivity contribution is 0.376. The number of halogens is 1. The third kappa shape index (κ3) is 1.14. The summed E-state index contributed by atoms with van der Waals surface area (Å²) in [6.45, 7) is 6.01. The Hall–Kier alpha value is -1.31. The van der Waals surface area contributed by atoms with Gasteiger partial charge in [-0.15, -0.1) is 0 Å². The molecule has 0 spiro atoms. The minimum Gasteiger partial charge on any atom is -0.183 e. The zero-order chi connectivity index (χ0) is 10.3. The Balaban J connectivity index is 2.88. The van der Waals surface area contributed by atoms with Crippen molar-refractivity contribution in [1.82, 2.24) is 4.79 Å². The van der Waals surface area contributed by atoms with Crippen LogP contribution < -0.4 is 0 Å². The first-order valence-electron chi connectivity index (χ1n) is 4.89. The normalized spacial score (nSPS) is 11.5. The molecule has 0 saturated carbocycles. The van der Waals surface area contributed by atoms with E-state index >= 15 is 0 Å². The van der Waals surface area contributed by atoms with Crippen LogP contribution in [0.25, 0.3) is 10.9 Å². The van der Waals surface area contributed by atoms with Crippen LogP contribution in [-0.2, 0) is 0 Å². The Labute approximate surface area is 83.1 Å². The molecule has 0 amide bonds. The van der Waals surface area contributed by atoms with Crippen LogP contribution in [0.15, 0.2) is 24.3 Å². The summed E-state index contributed by atoms with van der Waals surface area (Å²) in [7, 11) is 0. The number of rotatable bonds is 1. The summed E-state index contributed by atoms with van der Waals surface area (Å²) in [5.74, 6) is 0.358. The van der Waals surface area contributed by atoms with Gasteiger partial charge in [0.05, 0.1) is 11.2 Å². The van der Waals surface area contributed by atoms with Crippen LogP contribution in [-0.4, -0.2) is 4.79 Å². The molecule has 0 unspecified atom stereocenters. The molecule has 0 aliphatic rings. The summed E-state index contributed by atoms with van der Waals surface area (Å²) < 4.78 is 13.7. The maximum atomic E-state index is 13.7. The fraction of sp³-hybridized carbons (Fsp3) is 0.333. The predicted molar refractivity (Wildman–Crippen MR) is 57.3 cm³/mol. The van der Waals surface area contributed by atoms with E-state index in [1.807, 2.05) is 31.2 Å². The molecule has 0 fully saturated rings. The molecule has 2 heteroatoms. The number of nitrogens with zero attached hydrogens (tertiary/aromatic N) is 1. The molecule has 2 rings (SSSR count). The highest BCUT2D eigenvalue weighted by Crippen LogP contribution is 2.31. The molecule has 14 heavy (non-hydrogen) atoms. The first-order valence-corrected chi connectivity index (χ1v) is 4.89. The molecule has 1 heterocycles. The van der Waals surface area contributed by atoms with Gasteiger partial charge in [0.2, 0.25) is 0 Å². The van der Waals surface area contributed by atoms with Gasteiger partial charge in [0.1, 0.15) is 0 Å². The van der Waals surface area contributed by atoms with E-state index in [9.17, 15) is 4.48 Å². The largest absolute Gasteiger partial charge is 0.183 e. The standard InChI is InChI=1S/C12H14FN/c1-8(2)12-9(3)14(13)11-7-5-4-6-10(11)12/h4-8H,1-3H3. The summed E-state index contributed by atoms with van der Waals surface area (Å²) in [4.78, 5) is 0.782. The summed E-state index contributed by atoms with van der Waals surface area (Å²) >= 11 is 0. The van der Waals surface area contributed by atoms with Gasteiger partial charge in [-0.25, -0.2) is 0 Å². The minimum atomic E-state index is 0.358. The van der Waals surface area contributed by atoms with E-state index in [1.54, 1.807) is 0 Å². The van der Waals surface area contributed by atoms with Crippen molar-refractivity contribution in [1.29, 1.82) is 0 Å². The van der Waals surface area contributed by atoms with Crippen LogP contribution in [0.4, 0.5) is 4.48 Å². The van der Waals surface area contributed by atoms with E-state index in [0.29, 0.717) is 11.4 Å². The van der Waals surface area contributed by atoms with Gasteiger partial charge < -0.3 is 0 Å². The lowest BCUT2D eigenvalue weighted by Crippen LogP contribution is -1.90. The molecular weight excluding hydrogens is 177 g/mol. The molecule has 74 valence electrons. The zero-order valence-electron chi connectivity index (χ0n) is 8.71. The van der Waals surface area contributed by atoms with Gasteiger partial charge >= 0.3 is 0 Å². The van der Waals surface area contributed by atoms with E-state index in [4.69, 9.17) is 0 Å². The topological polar surface area (TPSA) is 4.93 Å². The number of hydrogen-bond acceptors (Lipinski definition) is 0. The van der Waals surface area contributed by atoms with E-state index in [1.165, 1.54) is 0 Å². The zero-order valence-corrected chi connectivity index (χ0v) is 8.71. The SMILES string of the molecule is Cc1c(C(C)C)c2ccccc2n1F. The number of aromatic nitrogens is 1. The maximum Gasteiger partial charge on any atom is 0.0818 e. The van der Waals surface area contributed by atoms with Gasteiger partial charge in [0, 0.05) is 5.39 Å². The van der Waals surface area contributed by atoms with Gasteiger partial charge in [-0.05, 0) is 24.5 Å². The van der Waals surface area contributed by atoms with Crippen molar-refractivity contribution in [3.63, 3.8) is 0 Å². The Bertz CT molecular complexity index is 468. The van der Waals surface area contributed by atoms with E-state index in [0.717, 1.165) is 21.4 Å². The van der Waals surface area contributed by atoms with Crippen molar-refractivity contribution >= 4 is 10.9 Å². The summed E-state index contributed by atoms with van der Waals surface area (Å²) in [5, 5.41) is 1.03. The second kappa shape index (κ2) is 3.12. The molecule has 0 N–H and O–H groups in total. The second-order valence-corrected chi connectivity index (χ2v) is 3.95. The fourth-order valence-corrected chi connectivity index (χ4v) is 2.08. The average Bonchev–Trinajstić information content (AvgIpc) is 2.41. The molecule has 0 saturated heterocycles. The smallest absolute Gasteiger partial charge is 0.0818 e. The van der Waals surface area contributed by atoms with Gasteiger partial charge in [0.15, 0.2) is 0 Å². The third-order valence-corrected chi connectivity index (χ3v) is 2.67. The molecule has 0 aliphatic heterocycles. The van der Waals surface area contributed by atoms with Crippen LogP contribution in [0.1, 0.15) is 31.0 Å². The van der Waals surface area contributed by atoms with Gasteiger partial charge in [-0.1, -0.05) is 36.5 Å². The first-order chi connectivity index (χ1) is 6.63. The van der Waals surface area contributed by atoms with Crippen molar-refractivity contribution in [2.75, 3.05) is 0 Å². The average molecular weight is 191 g/mol. The summed E-state index contributed by atoms with van der Waals surface area (Å²) in [6.07, 6.45) is 0. The molecule has 2 aromatic rings. The molecule has 1 aromatic heterocycles. The van der Waals surface area contributed by atoms with Gasteiger partial charge in [-0.2, -0.15) is 4.79 Å². The Morgan fingerprint density at radius 3 is 2.50 bits per heavy atom. The van der Waals surface area contributed by atoms with Gasteiger partial charge in [0.25, 0.3) is 0 Å². The van der Waals surface area contributed by atoms with Crippen molar-refractivity contribution in [2.24, 2.45) is 0 Å². The Kier molecular flexibility index (Phi) is 2.06. The van der Waals surface area contributed by atoms with Gasteiger partial charge in [-0.3, -0.25) is 0 Å². The van der Waals surface area contributed by atoms with Crippen molar-refractivity contribution in [2.45, 2.75) is 26.7 Å². The quantitative estimate of drug-likeness (QED) is 0.646. The van der Waals surface area contributed by atoms with Crippen LogP contribution in [0.5, 0.6) is 0 Å². The molecule has 0 bridgehead atoms. The molecule has 0 atom stereocenters. The molecule has 0 aliphatic carbocycles. The number of hydrogen-bond donors (Lipinski definition) is 0. The third-order valence-electron chi connectivity index (χ3n) is 2.67. The highest BCUT2D eigenvalue weighted by molar-refractivity contribution is 5.85. The number of benzene rings is 1. The van der Waals surface area contributed by atoms with E-state index < -0.39 is 0 Å². The fourth-order valence-electron chi connectivity index (χ4n) is 2.08. The first kappa shape index (κ1) is 9.25. The minimum absolute atomic E-state index is 0.358. The Morgan fingerprint density at radius 1 is 1.21 bits per heavy atom. The summed E-state index contributed by atoms with van der Waals surface area (Å²) in [5.41, 5.74) is 2.51. The van der Waals surface area contributed by atoms with Crippen LogP contribution in [0.3, 0.4) is 0 Å².